The third-order valence-corrected chi connectivity index (χ3v) is 1.89. The molecular formula is C8H10ClNO2. The van der Waals surface area contributed by atoms with Crippen LogP contribution in [0.5, 0.6) is 0 Å². The highest BCUT2D eigenvalue weighted by molar-refractivity contribution is 6.31. The molecule has 0 heterocycles. The molecule has 0 aliphatic rings. The summed E-state index contributed by atoms with van der Waals surface area (Å²) in [7, 11) is 0. The fraction of sp³-hybridized carbons (Fsp3) is 0.250. The number of hydrogen-bond donors (Lipinski definition) is 3. The maximum Gasteiger partial charge on any atom is 0.0951 e. The molecule has 0 saturated heterocycles. The van der Waals surface area contributed by atoms with E-state index in [1.807, 2.05) is 5.48 Å². The molecule has 4 heteroatoms. The molecule has 1 unspecified atom stereocenters. The van der Waals surface area contributed by atoms with Crippen LogP contribution in [-0.4, -0.2) is 16.9 Å². The monoisotopic (exact) mass is 187 g/mol. The average molecular weight is 188 g/mol. The van der Waals surface area contributed by atoms with Gasteiger partial charge in [-0.2, -0.15) is 0 Å². The summed E-state index contributed by atoms with van der Waals surface area (Å²) in [4.78, 5) is 0. The van der Waals surface area contributed by atoms with Gasteiger partial charge in [-0.1, -0.05) is 29.8 Å². The van der Waals surface area contributed by atoms with Crippen molar-refractivity contribution in [3.05, 3.63) is 34.9 Å². The fourth-order valence-electron chi connectivity index (χ4n) is 0.942. The summed E-state index contributed by atoms with van der Waals surface area (Å²) in [6.45, 7) is 0.0731. The summed E-state index contributed by atoms with van der Waals surface area (Å²) in [6, 6.07) is 6.97. The lowest BCUT2D eigenvalue weighted by Crippen LogP contribution is -2.17. The topological polar surface area (TPSA) is 52.5 Å². The second-order valence-electron chi connectivity index (χ2n) is 2.40. The fourth-order valence-corrected chi connectivity index (χ4v) is 1.20. The molecule has 1 atom stereocenters. The zero-order chi connectivity index (χ0) is 8.97. The molecule has 0 aliphatic heterocycles. The Balaban J connectivity index is 2.79. The van der Waals surface area contributed by atoms with Gasteiger partial charge in [0.25, 0.3) is 0 Å². The van der Waals surface area contributed by atoms with Crippen LogP contribution in [-0.2, 0) is 0 Å². The summed E-state index contributed by atoms with van der Waals surface area (Å²) in [5.74, 6) is 0. The predicted octanol–water partition coefficient (Wildman–Crippen LogP) is 1.35. The number of aliphatic hydroxyl groups excluding tert-OH is 1. The minimum Gasteiger partial charge on any atom is -0.387 e. The van der Waals surface area contributed by atoms with E-state index in [2.05, 4.69) is 0 Å². The summed E-state index contributed by atoms with van der Waals surface area (Å²) >= 11 is 5.79. The standard InChI is InChI=1S/C8H10ClNO2/c9-7-4-2-1-3-6(7)8(11)5-10-12/h1-4,8,10-12H,5H2. The number of nitrogens with one attached hydrogen (secondary N) is 1. The van der Waals surface area contributed by atoms with E-state index in [0.29, 0.717) is 10.6 Å². The summed E-state index contributed by atoms with van der Waals surface area (Å²) in [5.41, 5.74) is 2.50. The van der Waals surface area contributed by atoms with E-state index in [1.54, 1.807) is 24.3 Å². The van der Waals surface area contributed by atoms with E-state index in [1.165, 1.54) is 0 Å². The highest BCUT2D eigenvalue weighted by atomic mass is 35.5. The minimum absolute atomic E-state index is 0.0731. The van der Waals surface area contributed by atoms with Crippen molar-refractivity contribution in [2.75, 3.05) is 6.54 Å². The van der Waals surface area contributed by atoms with Crippen LogP contribution in [0.3, 0.4) is 0 Å². The Morgan fingerprint density at radius 3 is 2.67 bits per heavy atom. The molecule has 0 radical (unpaired) electrons. The Bertz CT molecular complexity index is 255. The Hall–Kier alpha value is -0.610. The van der Waals surface area contributed by atoms with Crippen LogP contribution in [0, 0.1) is 0 Å². The Kier molecular flexibility index (Phi) is 3.49. The number of aliphatic hydroxyl groups is 1. The zero-order valence-corrected chi connectivity index (χ0v) is 7.12. The van der Waals surface area contributed by atoms with Gasteiger partial charge < -0.3 is 10.3 Å². The molecule has 1 aromatic carbocycles. The van der Waals surface area contributed by atoms with Crippen LogP contribution < -0.4 is 5.48 Å². The highest BCUT2D eigenvalue weighted by Gasteiger charge is 2.09. The van der Waals surface area contributed by atoms with Crippen molar-refractivity contribution in [2.24, 2.45) is 0 Å². The summed E-state index contributed by atoms with van der Waals surface area (Å²) in [5, 5.41) is 18.2. The van der Waals surface area contributed by atoms with Crippen molar-refractivity contribution in [3.63, 3.8) is 0 Å². The molecule has 3 nitrogen and oxygen atoms in total. The first-order chi connectivity index (χ1) is 5.75. The SMILES string of the molecule is ONCC(O)c1ccccc1Cl. The number of hydrogen-bond acceptors (Lipinski definition) is 3. The van der Waals surface area contributed by atoms with E-state index in [-0.39, 0.29) is 6.54 Å². The molecule has 3 N–H and O–H groups in total. The van der Waals surface area contributed by atoms with Crippen molar-refractivity contribution in [1.29, 1.82) is 0 Å². The molecule has 1 aromatic rings. The van der Waals surface area contributed by atoms with Gasteiger partial charge in [0.15, 0.2) is 0 Å². The van der Waals surface area contributed by atoms with E-state index in [4.69, 9.17) is 16.8 Å². The van der Waals surface area contributed by atoms with Crippen molar-refractivity contribution < 1.29 is 10.3 Å². The summed E-state index contributed by atoms with van der Waals surface area (Å²) in [6.07, 6.45) is -0.774. The van der Waals surface area contributed by atoms with E-state index in [0.717, 1.165) is 0 Å². The van der Waals surface area contributed by atoms with Crippen molar-refractivity contribution in [2.45, 2.75) is 6.10 Å². The van der Waals surface area contributed by atoms with E-state index >= 15 is 0 Å². The summed E-state index contributed by atoms with van der Waals surface area (Å²) < 4.78 is 0. The van der Waals surface area contributed by atoms with Gasteiger partial charge in [0.1, 0.15) is 0 Å². The van der Waals surface area contributed by atoms with Crippen molar-refractivity contribution in [3.8, 4) is 0 Å². The molecule has 1 rings (SSSR count). The van der Waals surface area contributed by atoms with Gasteiger partial charge in [0.2, 0.25) is 0 Å². The lowest BCUT2D eigenvalue weighted by molar-refractivity contribution is 0.0922. The van der Waals surface area contributed by atoms with Crippen LogP contribution in [0.4, 0.5) is 0 Å². The lowest BCUT2D eigenvalue weighted by Gasteiger charge is -2.10. The Morgan fingerprint density at radius 2 is 2.08 bits per heavy atom. The van der Waals surface area contributed by atoms with Gasteiger partial charge >= 0.3 is 0 Å². The minimum atomic E-state index is -0.774. The van der Waals surface area contributed by atoms with Crippen molar-refractivity contribution in [1.82, 2.24) is 5.48 Å². The molecule has 0 amide bonds. The second kappa shape index (κ2) is 4.42. The van der Waals surface area contributed by atoms with E-state index < -0.39 is 6.10 Å². The third kappa shape index (κ3) is 2.19. The Morgan fingerprint density at radius 1 is 1.42 bits per heavy atom. The maximum absolute atomic E-state index is 9.39. The molecule has 0 bridgehead atoms. The molecular weight excluding hydrogens is 178 g/mol. The highest BCUT2D eigenvalue weighted by Crippen LogP contribution is 2.21. The van der Waals surface area contributed by atoms with Gasteiger partial charge in [-0.3, -0.25) is 0 Å². The zero-order valence-electron chi connectivity index (χ0n) is 6.37. The van der Waals surface area contributed by atoms with Gasteiger partial charge in [-0.05, 0) is 6.07 Å². The van der Waals surface area contributed by atoms with E-state index in [9.17, 15) is 5.11 Å². The maximum atomic E-state index is 9.39. The van der Waals surface area contributed by atoms with Crippen LogP contribution in [0.2, 0.25) is 5.02 Å². The largest absolute Gasteiger partial charge is 0.387 e. The van der Waals surface area contributed by atoms with Gasteiger partial charge in [0.05, 0.1) is 12.6 Å². The number of hydroxylamine groups is 1. The number of rotatable bonds is 3. The van der Waals surface area contributed by atoms with Crippen LogP contribution in [0.1, 0.15) is 11.7 Å². The first kappa shape index (κ1) is 9.48. The van der Waals surface area contributed by atoms with Crippen LogP contribution >= 0.6 is 11.6 Å². The van der Waals surface area contributed by atoms with Gasteiger partial charge in [-0.15, -0.1) is 0 Å². The molecule has 12 heavy (non-hydrogen) atoms. The number of benzene rings is 1. The van der Waals surface area contributed by atoms with Crippen molar-refractivity contribution >= 4 is 11.6 Å². The average Bonchev–Trinajstić information content (AvgIpc) is 2.05. The molecule has 0 aromatic heterocycles. The van der Waals surface area contributed by atoms with Gasteiger partial charge in [-0.25, -0.2) is 5.48 Å². The van der Waals surface area contributed by atoms with Gasteiger partial charge in [0, 0.05) is 10.6 Å². The normalized spacial score (nSPS) is 12.9. The third-order valence-electron chi connectivity index (χ3n) is 1.55. The Labute approximate surface area is 75.6 Å². The quantitative estimate of drug-likeness (QED) is 0.627. The smallest absolute Gasteiger partial charge is 0.0951 e. The molecule has 0 spiro atoms. The van der Waals surface area contributed by atoms with Crippen LogP contribution in [0.25, 0.3) is 0 Å². The number of halogens is 1. The lowest BCUT2D eigenvalue weighted by atomic mass is 10.1. The first-order valence-electron chi connectivity index (χ1n) is 3.55. The second-order valence-corrected chi connectivity index (χ2v) is 2.81. The molecule has 0 fully saturated rings. The molecule has 0 saturated carbocycles. The molecule has 0 aliphatic carbocycles. The predicted molar refractivity (Wildman–Crippen MR) is 46.2 cm³/mol. The first-order valence-corrected chi connectivity index (χ1v) is 3.93. The van der Waals surface area contributed by atoms with Crippen LogP contribution in [0.15, 0.2) is 24.3 Å². The molecule has 66 valence electrons.